The summed E-state index contributed by atoms with van der Waals surface area (Å²) >= 11 is 0. The highest BCUT2D eigenvalue weighted by Crippen LogP contribution is 2.20. The molecule has 0 aromatic carbocycles. The van der Waals surface area contributed by atoms with E-state index in [4.69, 9.17) is 15.0 Å². The quantitative estimate of drug-likeness (QED) is 0.537. The largest absolute Gasteiger partial charge is 0.481 e. The van der Waals surface area contributed by atoms with E-state index >= 15 is 0 Å². The van der Waals surface area contributed by atoms with E-state index in [1.54, 1.807) is 0 Å². The van der Waals surface area contributed by atoms with Crippen molar-refractivity contribution in [1.29, 1.82) is 0 Å². The van der Waals surface area contributed by atoms with Crippen LogP contribution in [0, 0.1) is 5.92 Å². The SMILES string of the molecule is CCCN(C(=O)NCCS(N)(=O)=O)C1COCC1C(=O)O. The first-order valence-corrected chi connectivity index (χ1v) is 8.33. The molecule has 1 fully saturated rings. The second kappa shape index (κ2) is 7.57. The maximum atomic E-state index is 12.1. The molecule has 9 nitrogen and oxygen atoms in total. The Balaban J connectivity index is 2.67. The number of ether oxygens (including phenoxy) is 1. The monoisotopic (exact) mass is 323 g/mol. The molecule has 1 heterocycles. The minimum absolute atomic E-state index is 0.0602. The summed E-state index contributed by atoms with van der Waals surface area (Å²) < 4.78 is 26.8. The highest BCUT2D eigenvalue weighted by atomic mass is 32.2. The fraction of sp³-hybridized carbons (Fsp3) is 0.818. The Morgan fingerprint density at radius 1 is 1.43 bits per heavy atom. The molecule has 1 aliphatic rings. The Morgan fingerprint density at radius 3 is 2.62 bits per heavy atom. The standard InChI is InChI=1S/C11H21N3O6S/c1-2-4-14(9-7-20-6-8(9)10(15)16)11(17)13-3-5-21(12,18)19/h8-9H,2-7H2,1H3,(H,13,17)(H,15,16)(H2,12,18,19). The van der Waals surface area contributed by atoms with E-state index < -0.39 is 34.0 Å². The molecule has 0 aliphatic carbocycles. The van der Waals surface area contributed by atoms with Crippen LogP contribution in [0.15, 0.2) is 0 Å². The van der Waals surface area contributed by atoms with Crippen LogP contribution in [-0.2, 0) is 19.6 Å². The van der Waals surface area contributed by atoms with Gasteiger partial charge in [-0.2, -0.15) is 0 Å². The second-order valence-electron chi connectivity index (χ2n) is 4.84. The summed E-state index contributed by atoms with van der Waals surface area (Å²) in [5.74, 6) is -2.17. The summed E-state index contributed by atoms with van der Waals surface area (Å²) in [7, 11) is -3.65. The Morgan fingerprint density at radius 2 is 2.10 bits per heavy atom. The van der Waals surface area contributed by atoms with Crippen molar-refractivity contribution in [2.75, 3.05) is 32.1 Å². The van der Waals surface area contributed by atoms with Crippen LogP contribution >= 0.6 is 0 Å². The number of carbonyl (C=O) groups excluding carboxylic acids is 1. The third kappa shape index (κ3) is 5.48. The van der Waals surface area contributed by atoms with Gasteiger partial charge in [0.1, 0.15) is 5.92 Å². The zero-order valence-electron chi connectivity index (χ0n) is 11.8. The first-order chi connectivity index (χ1) is 9.76. The van der Waals surface area contributed by atoms with E-state index in [2.05, 4.69) is 5.32 Å². The molecule has 0 spiro atoms. The van der Waals surface area contributed by atoms with Gasteiger partial charge in [0.15, 0.2) is 0 Å². The topological polar surface area (TPSA) is 139 Å². The molecule has 4 N–H and O–H groups in total. The van der Waals surface area contributed by atoms with E-state index in [0.29, 0.717) is 13.0 Å². The number of carboxylic acids is 1. The number of aliphatic carboxylic acids is 1. The van der Waals surface area contributed by atoms with E-state index in [0.717, 1.165) is 0 Å². The number of hydrogen-bond acceptors (Lipinski definition) is 5. The molecule has 2 unspecified atom stereocenters. The summed E-state index contributed by atoms with van der Waals surface area (Å²) in [6.07, 6.45) is 0.644. The Labute approximate surface area is 123 Å². The molecular weight excluding hydrogens is 302 g/mol. The van der Waals surface area contributed by atoms with Crippen LogP contribution in [0.4, 0.5) is 4.79 Å². The molecule has 122 valence electrons. The lowest BCUT2D eigenvalue weighted by Gasteiger charge is -2.30. The third-order valence-corrected chi connectivity index (χ3v) is 3.93. The van der Waals surface area contributed by atoms with Gasteiger partial charge in [-0.25, -0.2) is 18.4 Å². The van der Waals surface area contributed by atoms with Crippen molar-refractivity contribution in [2.45, 2.75) is 19.4 Å². The van der Waals surface area contributed by atoms with Crippen LogP contribution in [-0.4, -0.2) is 68.5 Å². The molecule has 1 rings (SSSR count). The summed E-state index contributed by atoms with van der Waals surface area (Å²) in [5.41, 5.74) is 0. The van der Waals surface area contributed by atoms with Gasteiger partial charge >= 0.3 is 12.0 Å². The van der Waals surface area contributed by atoms with Crippen molar-refractivity contribution in [3.8, 4) is 0 Å². The predicted octanol–water partition coefficient (Wildman–Crippen LogP) is -1.20. The molecule has 0 bridgehead atoms. The Bertz CT molecular complexity index is 480. The van der Waals surface area contributed by atoms with Crippen LogP contribution in [0.3, 0.4) is 0 Å². The van der Waals surface area contributed by atoms with Gasteiger partial charge in [-0.3, -0.25) is 4.79 Å². The number of carboxylic acid groups (broad SMARTS) is 1. The Kier molecular flexibility index (Phi) is 6.37. The molecule has 0 radical (unpaired) electrons. The van der Waals surface area contributed by atoms with Crippen LogP contribution in [0.1, 0.15) is 13.3 Å². The average Bonchev–Trinajstić information content (AvgIpc) is 2.83. The maximum Gasteiger partial charge on any atom is 0.317 e. The van der Waals surface area contributed by atoms with E-state index in [9.17, 15) is 18.0 Å². The summed E-state index contributed by atoms with van der Waals surface area (Å²) in [5, 5.41) is 16.4. The molecule has 2 atom stereocenters. The van der Waals surface area contributed by atoms with Crippen molar-refractivity contribution < 1.29 is 27.9 Å². The number of urea groups is 1. The lowest BCUT2D eigenvalue weighted by molar-refractivity contribution is -0.142. The molecule has 0 aromatic rings. The van der Waals surface area contributed by atoms with Gasteiger partial charge in [0.05, 0.1) is 25.0 Å². The minimum Gasteiger partial charge on any atom is -0.481 e. The predicted molar refractivity (Wildman–Crippen MR) is 74.1 cm³/mol. The Hall–Kier alpha value is -1.39. The number of nitrogens with one attached hydrogen (secondary N) is 1. The fourth-order valence-electron chi connectivity index (χ4n) is 2.15. The molecule has 0 saturated carbocycles. The van der Waals surface area contributed by atoms with Crippen LogP contribution in [0.25, 0.3) is 0 Å². The third-order valence-electron chi connectivity index (χ3n) is 3.16. The molecule has 21 heavy (non-hydrogen) atoms. The second-order valence-corrected chi connectivity index (χ2v) is 6.58. The first kappa shape index (κ1) is 17.7. The number of hydrogen-bond donors (Lipinski definition) is 3. The smallest absolute Gasteiger partial charge is 0.317 e. The van der Waals surface area contributed by atoms with Crippen molar-refractivity contribution in [2.24, 2.45) is 11.1 Å². The molecule has 10 heteroatoms. The molecule has 1 saturated heterocycles. The van der Waals surface area contributed by atoms with Crippen LogP contribution < -0.4 is 10.5 Å². The van der Waals surface area contributed by atoms with Gasteiger partial charge in [-0.1, -0.05) is 6.92 Å². The van der Waals surface area contributed by atoms with Gasteiger partial charge < -0.3 is 20.1 Å². The van der Waals surface area contributed by atoms with Crippen LogP contribution in [0.2, 0.25) is 0 Å². The number of amides is 2. The molecule has 2 amide bonds. The number of nitrogens with two attached hydrogens (primary N) is 1. The first-order valence-electron chi connectivity index (χ1n) is 6.61. The number of rotatable bonds is 7. The van der Waals surface area contributed by atoms with E-state index in [1.807, 2.05) is 6.92 Å². The van der Waals surface area contributed by atoms with Crippen molar-refractivity contribution in [1.82, 2.24) is 10.2 Å². The average molecular weight is 323 g/mol. The molecular formula is C11H21N3O6S. The minimum atomic E-state index is -3.65. The number of primary sulfonamides is 1. The van der Waals surface area contributed by atoms with Crippen molar-refractivity contribution in [3.63, 3.8) is 0 Å². The van der Waals surface area contributed by atoms with E-state index in [-0.39, 0.29) is 25.5 Å². The zero-order valence-corrected chi connectivity index (χ0v) is 12.6. The van der Waals surface area contributed by atoms with Gasteiger partial charge in [0, 0.05) is 13.1 Å². The van der Waals surface area contributed by atoms with E-state index in [1.165, 1.54) is 4.90 Å². The van der Waals surface area contributed by atoms with Gasteiger partial charge in [0.25, 0.3) is 0 Å². The fourth-order valence-corrected chi connectivity index (χ4v) is 2.53. The maximum absolute atomic E-state index is 12.1. The van der Waals surface area contributed by atoms with Gasteiger partial charge in [-0.05, 0) is 6.42 Å². The number of nitrogens with zero attached hydrogens (tertiary/aromatic N) is 1. The normalized spacial score (nSPS) is 22.0. The lowest BCUT2D eigenvalue weighted by Crippen LogP contribution is -2.51. The highest BCUT2D eigenvalue weighted by molar-refractivity contribution is 7.89. The van der Waals surface area contributed by atoms with Crippen LogP contribution in [0.5, 0.6) is 0 Å². The van der Waals surface area contributed by atoms with Crippen molar-refractivity contribution >= 4 is 22.0 Å². The molecule has 1 aliphatic heterocycles. The van der Waals surface area contributed by atoms with Crippen molar-refractivity contribution in [3.05, 3.63) is 0 Å². The lowest BCUT2D eigenvalue weighted by atomic mass is 10.0. The summed E-state index contributed by atoms with van der Waals surface area (Å²) in [6.45, 7) is 2.31. The zero-order chi connectivity index (χ0) is 16.0. The summed E-state index contributed by atoms with van der Waals surface area (Å²) in [4.78, 5) is 24.6. The number of carbonyl (C=O) groups is 2. The highest BCUT2D eigenvalue weighted by Gasteiger charge is 2.39. The van der Waals surface area contributed by atoms with Gasteiger partial charge in [0.2, 0.25) is 10.0 Å². The molecule has 0 aromatic heterocycles. The summed E-state index contributed by atoms with van der Waals surface area (Å²) in [6, 6.07) is -1.07. The number of sulfonamides is 1. The van der Waals surface area contributed by atoms with Gasteiger partial charge in [-0.15, -0.1) is 0 Å².